The Morgan fingerprint density at radius 3 is 2.95 bits per heavy atom. The van der Waals surface area contributed by atoms with Crippen molar-refractivity contribution in [1.29, 1.82) is 0 Å². The third kappa shape index (κ3) is 3.69. The van der Waals surface area contributed by atoms with Gasteiger partial charge < -0.3 is 5.32 Å². The predicted octanol–water partition coefficient (Wildman–Crippen LogP) is 4.86. The minimum Gasteiger partial charge on any atom is -0.302 e. The molecule has 1 N–H and O–H groups in total. The molecule has 6 heteroatoms. The molecule has 1 aromatic heterocycles. The Bertz CT molecular complexity index is 598. The minimum absolute atomic E-state index is 0.0272. The summed E-state index contributed by atoms with van der Waals surface area (Å²) >= 11 is 13.4. The number of rotatable bonds is 4. The van der Waals surface area contributed by atoms with E-state index in [0.717, 1.165) is 12.0 Å². The zero-order valence-corrected chi connectivity index (χ0v) is 12.6. The maximum absolute atomic E-state index is 11.5. The highest BCUT2D eigenvalue weighted by Crippen LogP contribution is 2.32. The second kappa shape index (κ2) is 6.37. The SMILES string of the molecule is CCCC(=O)Nc1nc(-c2cc(Cl)ccc2Cl)cs1. The Kier molecular flexibility index (Phi) is 4.80. The highest BCUT2D eigenvalue weighted by molar-refractivity contribution is 7.14. The Morgan fingerprint density at radius 1 is 1.42 bits per heavy atom. The van der Waals surface area contributed by atoms with E-state index in [1.165, 1.54) is 11.3 Å². The fourth-order valence-electron chi connectivity index (χ4n) is 1.56. The van der Waals surface area contributed by atoms with Gasteiger partial charge >= 0.3 is 0 Å². The summed E-state index contributed by atoms with van der Waals surface area (Å²) in [7, 11) is 0. The predicted molar refractivity (Wildman–Crippen MR) is 81.1 cm³/mol. The minimum atomic E-state index is -0.0272. The van der Waals surface area contributed by atoms with Gasteiger partial charge in [0.1, 0.15) is 0 Å². The molecule has 2 rings (SSSR count). The van der Waals surface area contributed by atoms with Gasteiger partial charge in [-0.15, -0.1) is 11.3 Å². The molecule has 0 spiro atoms. The lowest BCUT2D eigenvalue weighted by molar-refractivity contribution is -0.116. The number of hydrogen-bond acceptors (Lipinski definition) is 3. The molecule has 0 aliphatic heterocycles. The number of nitrogens with zero attached hydrogens (tertiary/aromatic N) is 1. The standard InChI is InChI=1S/C13H12Cl2N2OS/c1-2-3-12(18)17-13-16-11(7-19-13)9-6-8(14)4-5-10(9)15/h4-7H,2-3H2,1H3,(H,16,17,18). The van der Waals surface area contributed by atoms with Crippen molar-refractivity contribution in [3.05, 3.63) is 33.6 Å². The summed E-state index contributed by atoms with van der Waals surface area (Å²) in [5.41, 5.74) is 1.48. The van der Waals surface area contributed by atoms with Crippen molar-refractivity contribution in [3.63, 3.8) is 0 Å². The van der Waals surface area contributed by atoms with E-state index < -0.39 is 0 Å². The second-order valence-electron chi connectivity index (χ2n) is 3.96. The average Bonchev–Trinajstić information content (AvgIpc) is 2.81. The van der Waals surface area contributed by atoms with Gasteiger partial charge in [0, 0.05) is 22.4 Å². The summed E-state index contributed by atoms with van der Waals surface area (Å²) in [6.07, 6.45) is 1.30. The number of benzene rings is 1. The molecule has 1 heterocycles. The molecule has 0 saturated carbocycles. The van der Waals surface area contributed by atoms with E-state index in [9.17, 15) is 4.79 Å². The maximum atomic E-state index is 11.5. The van der Waals surface area contributed by atoms with Crippen LogP contribution in [0.25, 0.3) is 11.3 Å². The van der Waals surface area contributed by atoms with E-state index in [1.54, 1.807) is 18.2 Å². The van der Waals surface area contributed by atoms with Gasteiger partial charge in [0.25, 0.3) is 0 Å². The second-order valence-corrected chi connectivity index (χ2v) is 5.66. The largest absolute Gasteiger partial charge is 0.302 e. The van der Waals surface area contributed by atoms with E-state index in [4.69, 9.17) is 23.2 Å². The number of thiazole rings is 1. The van der Waals surface area contributed by atoms with E-state index in [2.05, 4.69) is 10.3 Å². The summed E-state index contributed by atoms with van der Waals surface area (Å²) in [5, 5.41) is 6.36. The zero-order valence-electron chi connectivity index (χ0n) is 10.2. The summed E-state index contributed by atoms with van der Waals surface area (Å²) < 4.78 is 0. The highest BCUT2D eigenvalue weighted by Gasteiger charge is 2.10. The van der Waals surface area contributed by atoms with Gasteiger partial charge in [-0.3, -0.25) is 4.79 Å². The molecule has 0 aliphatic carbocycles. The number of amides is 1. The maximum Gasteiger partial charge on any atom is 0.226 e. The normalized spacial score (nSPS) is 10.5. The van der Waals surface area contributed by atoms with Crippen LogP contribution in [0.4, 0.5) is 5.13 Å². The molecule has 3 nitrogen and oxygen atoms in total. The first-order valence-electron chi connectivity index (χ1n) is 5.81. The van der Waals surface area contributed by atoms with Crippen LogP contribution in [-0.2, 0) is 4.79 Å². The molecule has 1 aromatic carbocycles. The topological polar surface area (TPSA) is 42.0 Å². The summed E-state index contributed by atoms with van der Waals surface area (Å²) in [5.74, 6) is -0.0272. The molecule has 1 amide bonds. The fourth-order valence-corrected chi connectivity index (χ4v) is 2.67. The Labute approximate surface area is 125 Å². The van der Waals surface area contributed by atoms with Crippen molar-refractivity contribution in [2.45, 2.75) is 19.8 Å². The van der Waals surface area contributed by atoms with Gasteiger partial charge in [0.05, 0.1) is 10.7 Å². The number of halogens is 2. The van der Waals surface area contributed by atoms with Crippen molar-refractivity contribution in [2.75, 3.05) is 5.32 Å². The molecule has 2 aromatic rings. The van der Waals surface area contributed by atoms with Crippen molar-refractivity contribution in [3.8, 4) is 11.3 Å². The Balaban J connectivity index is 2.21. The smallest absolute Gasteiger partial charge is 0.226 e. The third-order valence-electron chi connectivity index (χ3n) is 2.43. The highest BCUT2D eigenvalue weighted by atomic mass is 35.5. The number of nitrogens with one attached hydrogen (secondary N) is 1. The molecule has 19 heavy (non-hydrogen) atoms. The molecular weight excluding hydrogens is 303 g/mol. The molecule has 0 fully saturated rings. The Hall–Kier alpha value is -1.10. The van der Waals surface area contributed by atoms with Crippen LogP contribution in [0.1, 0.15) is 19.8 Å². The molecule has 100 valence electrons. The third-order valence-corrected chi connectivity index (χ3v) is 3.75. The van der Waals surface area contributed by atoms with Crippen LogP contribution in [0.3, 0.4) is 0 Å². The first kappa shape index (κ1) is 14.3. The summed E-state index contributed by atoms with van der Waals surface area (Å²) in [6, 6.07) is 5.22. The number of hydrogen-bond donors (Lipinski definition) is 1. The molecule has 0 radical (unpaired) electrons. The van der Waals surface area contributed by atoms with Crippen molar-refractivity contribution in [2.24, 2.45) is 0 Å². The van der Waals surface area contributed by atoms with Gasteiger partial charge in [0.2, 0.25) is 5.91 Å². The van der Waals surface area contributed by atoms with Crippen LogP contribution in [0.2, 0.25) is 10.0 Å². The zero-order chi connectivity index (χ0) is 13.8. The van der Waals surface area contributed by atoms with Gasteiger partial charge in [-0.1, -0.05) is 30.1 Å². The van der Waals surface area contributed by atoms with E-state index >= 15 is 0 Å². The molecule has 0 saturated heterocycles. The fraction of sp³-hybridized carbons (Fsp3) is 0.231. The van der Waals surface area contributed by atoms with E-state index in [1.807, 2.05) is 12.3 Å². The van der Waals surface area contributed by atoms with Crippen LogP contribution in [-0.4, -0.2) is 10.9 Å². The van der Waals surface area contributed by atoms with Crippen LogP contribution in [0.5, 0.6) is 0 Å². The van der Waals surface area contributed by atoms with Gasteiger partial charge in [-0.25, -0.2) is 4.98 Å². The molecule has 0 atom stereocenters. The lowest BCUT2D eigenvalue weighted by atomic mass is 10.2. The van der Waals surface area contributed by atoms with E-state index in [-0.39, 0.29) is 5.91 Å². The van der Waals surface area contributed by atoms with Crippen LogP contribution in [0.15, 0.2) is 23.6 Å². The first-order valence-corrected chi connectivity index (χ1v) is 7.44. The van der Waals surface area contributed by atoms with Crippen molar-refractivity contribution in [1.82, 2.24) is 4.98 Å². The lowest BCUT2D eigenvalue weighted by Gasteiger charge is -2.01. The summed E-state index contributed by atoms with van der Waals surface area (Å²) in [4.78, 5) is 15.8. The molecule has 0 unspecified atom stereocenters. The number of carbonyl (C=O) groups excluding carboxylic acids is 1. The number of aromatic nitrogens is 1. The monoisotopic (exact) mass is 314 g/mol. The lowest BCUT2D eigenvalue weighted by Crippen LogP contribution is -2.10. The van der Waals surface area contributed by atoms with Crippen molar-refractivity contribution >= 4 is 45.6 Å². The summed E-state index contributed by atoms with van der Waals surface area (Å²) in [6.45, 7) is 1.96. The number of anilines is 1. The van der Waals surface area contributed by atoms with Gasteiger partial charge in [-0.05, 0) is 24.6 Å². The van der Waals surface area contributed by atoms with Crippen LogP contribution < -0.4 is 5.32 Å². The average molecular weight is 315 g/mol. The van der Waals surface area contributed by atoms with E-state index in [0.29, 0.717) is 27.3 Å². The first-order chi connectivity index (χ1) is 9.10. The number of carbonyl (C=O) groups is 1. The Morgan fingerprint density at radius 2 is 2.21 bits per heavy atom. The molecule has 0 aliphatic rings. The molecule has 0 bridgehead atoms. The van der Waals surface area contributed by atoms with Crippen LogP contribution in [0, 0.1) is 0 Å². The quantitative estimate of drug-likeness (QED) is 0.876. The molecular formula is C13H12Cl2N2OS. The van der Waals surface area contributed by atoms with Gasteiger partial charge in [0.15, 0.2) is 5.13 Å². The van der Waals surface area contributed by atoms with Crippen LogP contribution >= 0.6 is 34.5 Å². The van der Waals surface area contributed by atoms with Crippen molar-refractivity contribution < 1.29 is 4.79 Å². The van der Waals surface area contributed by atoms with Gasteiger partial charge in [-0.2, -0.15) is 0 Å².